The minimum Gasteiger partial charge on any atom is -0.326 e. The molecule has 0 spiro atoms. The van der Waals surface area contributed by atoms with Crippen LogP contribution < -0.4 is 10.5 Å². The Morgan fingerprint density at radius 3 is 2.71 bits per heavy atom. The van der Waals surface area contributed by atoms with Gasteiger partial charge in [-0.25, -0.2) is 21.9 Å². The summed E-state index contributed by atoms with van der Waals surface area (Å²) in [6.07, 6.45) is 3.15. The maximum Gasteiger partial charge on any atom is 0.243 e. The topological polar surface area (TPSA) is 72.2 Å². The number of hydrogen-bond donors (Lipinski definition) is 2. The zero-order valence-electron chi connectivity index (χ0n) is 11.4. The number of sulfonamides is 1. The molecule has 0 radical (unpaired) electrons. The van der Waals surface area contributed by atoms with Gasteiger partial charge in [0.25, 0.3) is 0 Å². The molecule has 118 valence electrons. The van der Waals surface area contributed by atoms with Crippen LogP contribution >= 0.6 is 11.8 Å². The van der Waals surface area contributed by atoms with Crippen LogP contribution in [0.4, 0.5) is 8.78 Å². The Bertz CT molecular complexity index is 602. The second kappa shape index (κ2) is 7.04. The molecule has 0 aliphatic carbocycles. The van der Waals surface area contributed by atoms with Gasteiger partial charge >= 0.3 is 0 Å². The highest BCUT2D eigenvalue weighted by atomic mass is 32.2. The number of benzene rings is 1. The lowest BCUT2D eigenvalue weighted by Crippen LogP contribution is -2.32. The van der Waals surface area contributed by atoms with Gasteiger partial charge in [0.15, 0.2) is 5.82 Å². The monoisotopic (exact) mass is 336 g/mol. The van der Waals surface area contributed by atoms with E-state index in [1.54, 1.807) is 11.8 Å². The Balaban J connectivity index is 2.15. The summed E-state index contributed by atoms with van der Waals surface area (Å²) in [5.41, 5.74) is 4.84. The highest BCUT2D eigenvalue weighted by molar-refractivity contribution is 8.00. The summed E-state index contributed by atoms with van der Waals surface area (Å²) >= 11 is 1.71. The van der Waals surface area contributed by atoms with Crippen LogP contribution in [-0.4, -0.2) is 26.0 Å². The summed E-state index contributed by atoms with van der Waals surface area (Å²) in [6, 6.07) is 1.86. The van der Waals surface area contributed by atoms with Crippen LogP contribution in [0.15, 0.2) is 17.0 Å². The molecule has 0 amide bonds. The van der Waals surface area contributed by atoms with E-state index in [4.69, 9.17) is 5.73 Å². The van der Waals surface area contributed by atoms with Crippen LogP contribution in [0.3, 0.4) is 0 Å². The van der Waals surface area contributed by atoms with Crippen molar-refractivity contribution in [2.75, 3.05) is 12.3 Å². The Kier molecular flexibility index (Phi) is 5.59. The first-order valence-corrected chi connectivity index (χ1v) is 9.27. The van der Waals surface area contributed by atoms with Crippen molar-refractivity contribution in [2.24, 2.45) is 5.73 Å². The molecule has 0 bridgehead atoms. The molecule has 1 aliphatic heterocycles. The molecule has 0 saturated carbocycles. The molecule has 2 rings (SSSR count). The van der Waals surface area contributed by atoms with Crippen molar-refractivity contribution in [1.82, 2.24) is 4.72 Å². The molecule has 1 fully saturated rings. The van der Waals surface area contributed by atoms with Crippen molar-refractivity contribution in [1.29, 1.82) is 0 Å². The third-order valence-corrected chi connectivity index (χ3v) is 6.26. The highest BCUT2D eigenvalue weighted by Gasteiger charge is 2.24. The summed E-state index contributed by atoms with van der Waals surface area (Å²) in [6.45, 7) is -0.138. The van der Waals surface area contributed by atoms with Crippen molar-refractivity contribution >= 4 is 21.8 Å². The molecule has 1 aromatic carbocycles. The van der Waals surface area contributed by atoms with E-state index in [1.165, 1.54) is 0 Å². The fraction of sp³-hybridized carbons (Fsp3) is 0.538. The van der Waals surface area contributed by atoms with Gasteiger partial charge in [0.1, 0.15) is 10.7 Å². The molecule has 1 aliphatic rings. The smallest absolute Gasteiger partial charge is 0.243 e. The van der Waals surface area contributed by atoms with Gasteiger partial charge in [0, 0.05) is 23.9 Å². The molecule has 21 heavy (non-hydrogen) atoms. The number of hydrogen-bond acceptors (Lipinski definition) is 4. The molecule has 1 unspecified atom stereocenters. The van der Waals surface area contributed by atoms with Crippen molar-refractivity contribution in [3.63, 3.8) is 0 Å². The quantitative estimate of drug-likeness (QED) is 0.862. The highest BCUT2D eigenvalue weighted by Crippen LogP contribution is 2.25. The normalized spacial score (nSPS) is 19.7. The molecule has 0 aromatic heterocycles. The largest absolute Gasteiger partial charge is 0.326 e. The van der Waals surface area contributed by atoms with Gasteiger partial charge in [-0.3, -0.25) is 0 Å². The average molecular weight is 336 g/mol. The van der Waals surface area contributed by atoms with Gasteiger partial charge < -0.3 is 5.73 Å². The molecule has 1 saturated heterocycles. The van der Waals surface area contributed by atoms with Crippen LogP contribution in [-0.2, 0) is 16.6 Å². The standard InChI is InChI=1S/C13H18F2N2O2S2/c14-11-4-5-12(13(15)10(11)7-16)21(18,19)17-8-9-3-1-2-6-20-9/h4-5,9,17H,1-3,6-8,16H2. The Labute approximate surface area is 127 Å². The van der Waals surface area contributed by atoms with E-state index in [9.17, 15) is 17.2 Å². The van der Waals surface area contributed by atoms with Crippen LogP contribution in [0, 0.1) is 11.6 Å². The van der Waals surface area contributed by atoms with Gasteiger partial charge in [0.2, 0.25) is 10.0 Å². The van der Waals surface area contributed by atoms with E-state index in [-0.39, 0.29) is 18.3 Å². The van der Waals surface area contributed by atoms with Crippen LogP contribution in [0.5, 0.6) is 0 Å². The average Bonchev–Trinajstić information content (AvgIpc) is 2.46. The number of thioether (sulfide) groups is 1. The predicted octanol–water partition coefficient (Wildman–Crippen LogP) is 1.99. The summed E-state index contributed by atoms with van der Waals surface area (Å²) < 4.78 is 54.1. The third-order valence-electron chi connectivity index (χ3n) is 3.42. The first kappa shape index (κ1) is 16.7. The van der Waals surface area contributed by atoms with Crippen LogP contribution in [0.2, 0.25) is 0 Å². The summed E-state index contributed by atoms with van der Waals surface area (Å²) in [5, 5.41) is 0.200. The number of nitrogens with two attached hydrogens (primary N) is 1. The van der Waals surface area contributed by atoms with E-state index in [0.717, 1.165) is 37.1 Å². The lowest BCUT2D eigenvalue weighted by atomic mass is 10.2. The SMILES string of the molecule is NCc1c(F)ccc(S(=O)(=O)NCC2CCCCS2)c1F. The molecule has 1 heterocycles. The van der Waals surface area contributed by atoms with E-state index >= 15 is 0 Å². The van der Waals surface area contributed by atoms with Crippen molar-refractivity contribution in [3.05, 3.63) is 29.3 Å². The number of nitrogens with one attached hydrogen (secondary N) is 1. The van der Waals surface area contributed by atoms with E-state index < -0.39 is 32.1 Å². The molecule has 1 atom stereocenters. The minimum atomic E-state index is -4.00. The number of halogens is 2. The lowest BCUT2D eigenvalue weighted by Gasteiger charge is -2.21. The Morgan fingerprint density at radius 2 is 2.10 bits per heavy atom. The van der Waals surface area contributed by atoms with Crippen LogP contribution in [0.25, 0.3) is 0 Å². The zero-order chi connectivity index (χ0) is 15.5. The first-order valence-electron chi connectivity index (χ1n) is 6.74. The van der Waals surface area contributed by atoms with Crippen LogP contribution in [0.1, 0.15) is 24.8 Å². The van der Waals surface area contributed by atoms with Gasteiger partial charge in [0.05, 0.1) is 0 Å². The molecular formula is C13H18F2N2O2S2. The molecular weight excluding hydrogens is 318 g/mol. The van der Waals surface area contributed by atoms with Gasteiger partial charge in [-0.1, -0.05) is 6.42 Å². The minimum absolute atomic E-state index is 0.200. The fourth-order valence-corrected chi connectivity index (χ4v) is 4.75. The van der Waals surface area contributed by atoms with Crippen molar-refractivity contribution in [2.45, 2.75) is 36.0 Å². The zero-order valence-corrected chi connectivity index (χ0v) is 13.1. The first-order chi connectivity index (χ1) is 9.95. The van der Waals surface area contributed by atoms with E-state index in [1.807, 2.05) is 0 Å². The van der Waals surface area contributed by atoms with Gasteiger partial charge in [-0.05, 0) is 30.7 Å². The second-order valence-corrected chi connectivity index (χ2v) is 8.03. The molecule has 4 nitrogen and oxygen atoms in total. The predicted molar refractivity (Wildman–Crippen MR) is 79.5 cm³/mol. The molecule has 1 aromatic rings. The maximum absolute atomic E-state index is 14.1. The lowest BCUT2D eigenvalue weighted by molar-refractivity contribution is 0.524. The van der Waals surface area contributed by atoms with E-state index in [0.29, 0.717) is 0 Å². The third kappa shape index (κ3) is 3.94. The Morgan fingerprint density at radius 1 is 1.33 bits per heavy atom. The van der Waals surface area contributed by atoms with Crippen molar-refractivity contribution in [3.8, 4) is 0 Å². The second-order valence-electron chi connectivity index (χ2n) is 4.88. The molecule has 3 N–H and O–H groups in total. The maximum atomic E-state index is 14.1. The fourth-order valence-electron chi connectivity index (χ4n) is 2.22. The van der Waals surface area contributed by atoms with Gasteiger partial charge in [-0.2, -0.15) is 11.8 Å². The van der Waals surface area contributed by atoms with Crippen molar-refractivity contribution < 1.29 is 17.2 Å². The summed E-state index contributed by atoms with van der Waals surface area (Å²) in [7, 11) is -4.00. The molecule has 8 heteroatoms. The summed E-state index contributed by atoms with van der Waals surface area (Å²) in [4.78, 5) is -0.551. The number of rotatable bonds is 5. The Hall–Kier alpha value is -0.700. The summed E-state index contributed by atoms with van der Waals surface area (Å²) in [5.74, 6) is -0.938. The van der Waals surface area contributed by atoms with E-state index in [2.05, 4.69) is 4.72 Å². The van der Waals surface area contributed by atoms with Gasteiger partial charge in [-0.15, -0.1) is 0 Å².